The zero-order chi connectivity index (χ0) is 16.5. The molecule has 0 bridgehead atoms. The van der Waals surface area contributed by atoms with E-state index in [9.17, 15) is 9.18 Å². The molecule has 0 radical (unpaired) electrons. The Kier molecular flexibility index (Phi) is 8.61. The van der Waals surface area contributed by atoms with Crippen LogP contribution < -0.4 is 5.32 Å². The molecule has 1 aromatic rings. The summed E-state index contributed by atoms with van der Waals surface area (Å²) in [6, 6.07) is 4.92. The van der Waals surface area contributed by atoms with Crippen molar-refractivity contribution in [3.8, 4) is 0 Å². The predicted molar refractivity (Wildman–Crippen MR) is 88.0 cm³/mol. The largest absolute Gasteiger partial charge is 0.381 e. The van der Waals surface area contributed by atoms with Gasteiger partial charge in [-0.15, -0.1) is 0 Å². The number of carbonyl (C=O) groups is 1. The normalized spacial score (nSPS) is 16.6. The summed E-state index contributed by atoms with van der Waals surface area (Å²) in [4.78, 5) is 11.8. The maximum atomic E-state index is 13.5. The lowest BCUT2D eigenvalue weighted by Crippen LogP contribution is -2.38. The van der Waals surface area contributed by atoms with Gasteiger partial charge in [0.15, 0.2) is 0 Å². The molecule has 0 saturated carbocycles. The Bertz CT molecular complexity index is 476. The molecule has 0 aliphatic carbocycles. The second-order valence-corrected chi connectivity index (χ2v) is 5.54. The van der Waals surface area contributed by atoms with Crippen LogP contribution in [0, 0.1) is 5.82 Å². The fourth-order valence-electron chi connectivity index (χ4n) is 2.41. The summed E-state index contributed by atoms with van der Waals surface area (Å²) in [6.45, 7) is 7.54. The minimum absolute atomic E-state index is 0.0197. The van der Waals surface area contributed by atoms with Crippen LogP contribution in [0.25, 0.3) is 0 Å². The Hall–Kier alpha value is -0.970. The highest BCUT2D eigenvalue weighted by molar-refractivity contribution is 6.30. The van der Waals surface area contributed by atoms with Crippen LogP contribution in [0.4, 0.5) is 4.39 Å². The molecule has 1 aliphatic rings. The molecule has 22 heavy (non-hydrogen) atoms. The SMILES string of the molecule is CC.CC(=O)C(CNC1CCOCC1)c1ccc(Cl)c(F)c1. The van der Waals surface area contributed by atoms with Crippen molar-refractivity contribution >= 4 is 17.4 Å². The first-order chi connectivity index (χ1) is 10.6. The lowest BCUT2D eigenvalue weighted by molar-refractivity contribution is -0.118. The van der Waals surface area contributed by atoms with Gasteiger partial charge in [0, 0.05) is 25.8 Å². The minimum atomic E-state index is -0.485. The van der Waals surface area contributed by atoms with Crippen LogP contribution >= 0.6 is 11.6 Å². The molecule has 1 N–H and O–H groups in total. The Morgan fingerprint density at radius 2 is 2.05 bits per heavy atom. The van der Waals surface area contributed by atoms with E-state index in [1.165, 1.54) is 19.1 Å². The number of hydrogen-bond donors (Lipinski definition) is 1. The maximum absolute atomic E-state index is 13.5. The van der Waals surface area contributed by atoms with Gasteiger partial charge in [0.25, 0.3) is 0 Å². The van der Waals surface area contributed by atoms with E-state index in [0.717, 1.165) is 26.1 Å². The van der Waals surface area contributed by atoms with Crippen LogP contribution in [0.3, 0.4) is 0 Å². The van der Waals surface area contributed by atoms with Gasteiger partial charge in [0.2, 0.25) is 0 Å². The van der Waals surface area contributed by atoms with Gasteiger partial charge in [0.05, 0.1) is 10.9 Å². The average molecular weight is 330 g/mol. The monoisotopic (exact) mass is 329 g/mol. The third-order valence-electron chi connectivity index (χ3n) is 3.67. The first-order valence-corrected chi connectivity index (χ1v) is 8.22. The zero-order valence-electron chi connectivity index (χ0n) is 13.5. The van der Waals surface area contributed by atoms with Crippen LogP contribution in [0.5, 0.6) is 0 Å². The Balaban J connectivity index is 0.00000116. The summed E-state index contributed by atoms with van der Waals surface area (Å²) in [7, 11) is 0. The van der Waals surface area contributed by atoms with Gasteiger partial charge in [-0.3, -0.25) is 4.79 Å². The molecule has 0 amide bonds. The summed E-state index contributed by atoms with van der Waals surface area (Å²) in [5.41, 5.74) is 0.666. The lowest BCUT2D eigenvalue weighted by Gasteiger charge is -2.25. The van der Waals surface area contributed by atoms with Crippen LogP contribution in [0.1, 0.15) is 45.1 Å². The molecule has 0 aromatic heterocycles. The summed E-state index contributed by atoms with van der Waals surface area (Å²) >= 11 is 5.67. The maximum Gasteiger partial charge on any atom is 0.142 e. The highest BCUT2D eigenvalue weighted by Gasteiger charge is 2.21. The van der Waals surface area contributed by atoms with Crippen LogP contribution in [-0.4, -0.2) is 31.6 Å². The molecule has 2 rings (SSSR count). The van der Waals surface area contributed by atoms with Crippen molar-refractivity contribution in [1.29, 1.82) is 0 Å². The summed E-state index contributed by atoms with van der Waals surface area (Å²) < 4.78 is 18.8. The van der Waals surface area contributed by atoms with Crippen LogP contribution in [0.15, 0.2) is 18.2 Å². The molecule has 1 unspecified atom stereocenters. The highest BCUT2D eigenvalue weighted by atomic mass is 35.5. The van der Waals surface area contributed by atoms with Gasteiger partial charge in [-0.1, -0.05) is 31.5 Å². The lowest BCUT2D eigenvalue weighted by atomic mass is 9.94. The van der Waals surface area contributed by atoms with Crippen molar-refractivity contribution in [1.82, 2.24) is 5.32 Å². The quantitative estimate of drug-likeness (QED) is 0.889. The van der Waals surface area contributed by atoms with Gasteiger partial charge >= 0.3 is 0 Å². The molecule has 1 heterocycles. The number of benzene rings is 1. The molecule has 1 aliphatic heterocycles. The predicted octanol–water partition coefficient (Wildman–Crippen LogP) is 3.95. The van der Waals surface area contributed by atoms with E-state index < -0.39 is 5.82 Å². The zero-order valence-corrected chi connectivity index (χ0v) is 14.3. The number of carbonyl (C=O) groups excluding carboxylic acids is 1. The van der Waals surface area contributed by atoms with Crippen molar-refractivity contribution in [3.63, 3.8) is 0 Å². The number of hydrogen-bond acceptors (Lipinski definition) is 3. The third-order valence-corrected chi connectivity index (χ3v) is 3.98. The summed E-state index contributed by atoms with van der Waals surface area (Å²) in [5.74, 6) is -0.808. The van der Waals surface area contributed by atoms with E-state index in [1.807, 2.05) is 13.8 Å². The van der Waals surface area contributed by atoms with Crippen molar-refractivity contribution < 1.29 is 13.9 Å². The third kappa shape index (κ3) is 5.67. The van der Waals surface area contributed by atoms with Crippen molar-refractivity contribution in [2.75, 3.05) is 19.8 Å². The molecule has 0 spiro atoms. The van der Waals surface area contributed by atoms with E-state index >= 15 is 0 Å². The Morgan fingerprint density at radius 1 is 1.41 bits per heavy atom. The van der Waals surface area contributed by atoms with Gasteiger partial charge < -0.3 is 10.1 Å². The molecule has 1 saturated heterocycles. The fourth-order valence-corrected chi connectivity index (χ4v) is 2.53. The molecule has 1 aromatic carbocycles. The average Bonchev–Trinajstić information content (AvgIpc) is 2.53. The van der Waals surface area contributed by atoms with E-state index in [4.69, 9.17) is 16.3 Å². The number of nitrogens with one attached hydrogen (secondary N) is 1. The first kappa shape index (κ1) is 19.1. The van der Waals surface area contributed by atoms with E-state index in [1.54, 1.807) is 6.07 Å². The first-order valence-electron chi connectivity index (χ1n) is 7.84. The molecule has 1 atom stereocenters. The second-order valence-electron chi connectivity index (χ2n) is 5.13. The van der Waals surface area contributed by atoms with E-state index in [-0.39, 0.29) is 16.7 Å². The Labute approximate surface area is 137 Å². The van der Waals surface area contributed by atoms with Crippen molar-refractivity contribution in [2.24, 2.45) is 0 Å². The fraction of sp³-hybridized carbons (Fsp3) is 0.588. The van der Waals surface area contributed by atoms with Gasteiger partial charge in [-0.2, -0.15) is 0 Å². The van der Waals surface area contributed by atoms with Gasteiger partial charge in [-0.05, 0) is 37.5 Å². The van der Waals surface area contributed by atoms with Crippen molar-refractivity contribution in [3.05, 3.63) is 34.6 Å². The number of Topliss-reactive ketones (excluding diaryl/α,β-unsaturated/α-hetero) is 1. The van der Waals surface area contributed by atoms with E-state index in [0.29, 0.717) is 18.2 Å². The number of halogens is 2. The topological polar surface area (TPSA) is 38.3 Å². The minimum Gasteiger partial charge on any atom is -0.381 e. The van der Waals surface area contributed by atoms with Gasteiger partial charge in [-0.25, -0.2) is 4.39 Å². The Morgan fingerprint density at radius 3 is 2.59 bits per heavy atom. The molecule has 3 nitrogen and oxygen atoms in total. The number of ether oxygens (including phenoxy) is 1. The standard InChI is InChI=1S/C15H19ClFNO2.C2H6/c1-10(19)13(9-18-12-4-6-20-7-5-12)11-2-3-14(16)15(17)8-11;1-2/h2-3,8,12-13,18H,4-7,9H2,1H3;1-2H3. The molecule has 5 heteroatoms. The number of rotatable bonds is 5. The molecular weight excluding hydrogens is 305 g/mol. The summed E-state index contributed by atoms with van der Waals surface area (Å²) in [5, 5.41) is 3.46. The molecule has 1 fully saturated rings. The summed E-state index contributed by atoms with van der Waals surface area (Å²) in [6.07, 6.45) is 1.89. The van der Waals surface area contributed by atoms with Gasteiger partial charge in [0.1, 0.15) is 11.6 Å². The highest BCUT2D eigenvalue weighted by Crippen LogP contribution is 2.22. The smallest absolute Gasteiger partial charge is 0.142 e. The number of ketones is 1. The van der Waals surface area contributed by atoms with Crippen LogP contribution in [-0.2, 0) is 9.53 Å². The molecule has 124 valence electrons. The van der Waals surface area contributed by atoms with Crippen LogP contribution in [0.2, 0.25) is 5.02 Å². The van der Waals surface area contributed by atoms with E-state index in [2.05, 4.69) is 5.32 Å². The van der Waals surface area contributed by atoms with Crippen molar-refractivity contribution in [2.45, 2.75) is 45.6 Å². The second kappa shape index (κ2) is 9.93. The molecular formula is C17H25ClFNO2.